The summed E-state index contributed by atoms with van der Waals surface area (Å²) in [4.78, 5) is 25.6. The summed E-state index contributed by atoms with van der Waals surface area (Å²) in [5.74, 6) is -0.613. The van der Waals surface area contributed by atoms with E-state index >= 15 is 0 Å². The smallest absolute Gasteiger partial charge is 0.416 e. The van der Waals surface area contributed by atoms with Crippen molar-refractivity contribution in [1.82, 2.24) is 30.0 Å². The van der Waals surface area contributed by atoms with Gasteiger partial charge in [0.2, 0.25) is 0 Å². The van der Waals surface area contributed by atoms with Crippen molar-refractivity contribution in [2.24, 2.45) is 0 Å². The van der Waals surface area contributed by atoms with Gasteiger partial charge in [0.05, 0.1) is 49.9 Å². The molecule has 3 N–H and O–H groups in total. The van der Waals surface area contributed by atoms with E-state index in [1.807, 2.05) is 4.90 Å². The Hall–Kier alpha value is -4.25. The highest BCUT2D eigenvalue weighted by Crippen LogP contribution is 2.43. The van der Waals surface area contributed by atoms with Gasteiger partial charge in [0.15, 0.2) is 17.3 Å². The lowest BCUT2D eigenvalue weighted by atomic mass is 9.94. The molecule has 2 saturated heterocycles. The van der Waals surface area contributed by atoms with E-state index in [1.54, 1.807) is 4.68 Å². The standard InChI is InChI=1S/C25H25F4N7O4.C7H12FN/c1-38-24-32-15-9-17(18-13(25(27,28)29)3-4-14(30)19(18)26)40-11-12(15)22(33-24)35-6-2-7-36-16(10-35)21-20(34-36)23(37)31-5-8-39-21;8-6-4-7-2-1-3-9(7)5-6/h3-4,17H,2,5-11,30H2,1H3,(H,31,37);6-7H,1-5H2/t17-;/m1./s1. The molecule has 12 nitrogen and oxygen atoms in total. The van der Waals surface area contributed by atoms with E-state index in [-0.39, 0.29) is 37.2 Å². The van der Waals surface area contributed by atoms with Crippen molar-refractivity contribution >= 4 is 17.4 Å². The van der Waals surface area contributed by atoms with Gasteiger partial charge in [-0.2, -0.15) is 28.2 Å². The van der Waals surface area contributed by atoms with Gasteiger partial charge < -0.3 is 30.2 Å². The van der Waals surface area contributed by atoms with Crippen LogP contribution in [0.1, 0.15) is 70.4 Å². The second kappa shape index (κ2) is 13.2. The molecule has 0 saturated carbocycles. The van der Waals surface area contributed by atoms with E-state index in [0.717, 1.165) is 25.1 Å². The third-order valence-corrected chi connectivity index (χ3v) is 9.63. The molecule has 0 bridgehead atoms. The van der Waals surface area contributed by atoms with Crippen molar-refractivity contribution in [3.8, 4) is 11.8 Å². The first-order valence-electron chi connectivity index (χ1n) is 16.4. The molecule has 2 unspecified atom stereocenters. The Morgan fingerprint density at radius 2 is 1.98 bits per heavy atom. The van der Waals surface area contributed by atoms with E-state index in [9.17, 15) is 26.7 Å². The zero-order valence-electron chi connectivity index (χ0n) is 26.9. The van der Waals surface area contributed by atoms with Crippen LogP contribution >= 0.6 is 0 Å². The van der Waals surface area contributed by atoms with E-state index in [0.29, 0.717) is 73.8 Å². The summed E-state index contributed by atoms with van der Waals surface area (Å²) in [6, 6.07) is 2.26. The van der Waals surface area contributed by atoms with Gasteiger partial charge >= 0.3 is 12.2 Å². The number of hydrogen-bond donors (Lipinski definition) is 2. The Balaban J connectivity index is 0.000000361. The monoisotopic (exact) mass is 692 g/mol. The molecule has 1 aromatic carbocycles. The molecule has 0 aliphatic carbocycles. The molecular formula is C32H37F5N8O4. The molecule has 1 amide bonds. The van der Waals surface area contributed by atoms with Crippen molar-refractivity contribution in [1.29, 1.82) is 0 Å². The third kappa shape index (κ3) is 6.45. The Kier molecular flexibility index (Phi) is 8.98. The lowest BCUT2D eigenvalue weighted by molar-refractivity contribution is -0.140. The fourth-order valence-corrected chi connectivity index (χ4v) is 7.34. The molecule has 2 fully saturated rings. The lowest BCUT2D eigenvalue weighted by Crippen LogP contribution is -2.29. The minimum atomic E-state index is -4.81. The molecule has 0 radical (unpaired) electrons. The zero-order valence-corrected chi connectivity index (χ0v) is 26.9. The van der Waals surface area contributed by atoms with Gasteiger partial charge in [-0.1, -0.05) is 0 Å². The van der Waals surface area contributed by atoms with E-state index in [1.165, 1.54) is 20.0 Å². The number of amides is 1. The fourth-order valence-electron chi connectivity index (χ4n) is 7.34. The molecule has 3 atom stereocenters. The number of nitrogens with zero attached hydrogens (tertiary/aromatic N) is 6. The van der Waals surface area contributed by atoms with Gasteiger partial charge in [-0.05, 0) is 44.4 Å². The molecule has 264 valence electrons. The molecule has 49 heavy (non-hydrogen) atoms. The van der Waals surface area contributed by atoms with Crippen molar-refractivity contribution in [2.75, 3.05) is 50.5 Å². The number of nitrogen functional groups attached to an aromatic ring is 1. The van der Waals surface area contributed by atoms with Crippen LogP contribution in [-0.4, -0.2) is 82.7 Å². The van der Waals surface area contributed by atoms with Crippen LogP contribution < -0.4 is 25.4 Å². The van der Waals surface area contributed by atoms with Crippen LogP contribution in [0.25, 0.3) is 0 Å². The third-order valence-electron chi connectivity index (χ3n) is 9.63. The lowest BCUT2D eigenvalue weighted by Gasteiger charge is -2.31. The second-order valence-electron chi connectivity index (χ2n) is 12.7. The normalized spacial score (nSPS) is 23.5. The highest BCUT2D eigenvalue weighted by atomic mass is 19.4. The number of aromatic nitrogens is 4. The molecular weight excluding hydrogens is 655 g/mol. The minimum absolute atomic E-state index is 0.00528. The number of carbonyl (C=O) groups is 1. The van der Waals surface area contributed by atoms with Crippen LogP contribution in [0.4, 0.5) is 33.5 Å². The number of ether oxygens (including phenoxy) is 3. The van der Waals surface area contributed by atoms with Crippen LogP contribution in [-0.2, 0) is 37.0 Å². The maximum Gasteiger partial charge on any atom is 0.416 e. The van der Waals surface area contributed by atoms with Crippen molar-refractivity contribution in [2.45, 2.75) is 76.3 Å². The highest BCUT2D eigenvalue weighted by Gasteiger charge is 2.40. The number of halogens is 5. The SMILES string of the molecule is COc1nc2c(c(N3CCCn4nc5c(c4C3)OCCNC5=O)n1)CO[C@@H](c1c(C(F)(F)F)ccc(N)c1F)C2.FC1CC2CCCN2C1. The molecule has 2 aromatic heterocycles. The van der Waals surface area contributed by atoms with E-state index in [4.69, 9.17) is 19.9 Å². The molecule has 0 spiro atoms. The number of nitrogens with one attached hydrogen (secondary N) is 1. The Morgan fingerprint density at radius 3 is 2.76 bits per heavy atom. The van der Waals surface area contributed by atoms with Gasteiger partial charge in [-0.15, -0.1) is 0 Å². The average molecular weight is 693 g/mol. The number of anilines is 2. The van der Waals surface area contributed by atoms with Gasteiger partial charge in [0, 0.05) is 43.2 Å². The Labute approximate surface area is 278 Å². The first-order chi connectivity index (χ1) is 23.5. The number of alkyl halides is 4. The minimum Gasteiger partial charge on any atom is -0.487 e. The summed E-state index contributed by atoms with van der Waals surface area (Å²) in [5.41, 5.74) is 5.24. The summed E-state index contributed by atoms with van der Waals surface area (Å²) >= 11 is 0. The van der Waals surface area contributed by atoms with Crippen LogP contribution in [0.5, 0.6) is 11.8 Å². The van der Waals surface area contributed by atoms with Crippen molar-refractivity contribution < 1.29 is 41.0 Å². The van der Waals surface area contributed by atoms with Gasteiger partial charge in [0.1, 0.15) is 24.3 Å². The van der Waals surface area contributed by atoms with E-state index in [2.05, 4.69) is 25.3 Å². The highest BCUT2D eigenvalue weighted by molar-refractivity contribution is 5.95. The topological polar surface area (TPSA) is 133 Å². The molecule has 5 aliphatic heterocycles. The van der Waals surface area contributed by atoms with Crippen LogP contribution in [0.3, 0.4) is 0 Å². The van der Waals surface area contributed by atoms with Crippen LogP contribution in [0.2, 0.25) is 0 Å². The summed E-state index contributed by atoms with van der Waals surface area (Å²) in [6.07, 6.45) is -2.78. The average Bonchev–Trinajstić information content (AvgIpc) is 3.66. The fraction of sp³-hybridized carbons (Fsp3) is 0.562. The van der Waals surface area contributed by atoms with Crippen molar-refractivity contribution in [3.63, 3.8) is 0 Å². The molecule has 5 aliphatic rings. The predicted octanol–water partition coefficient (Wildman–Crippen LogP) is 3.96. The number of carbonyl (C=O) groups excluding carboxylic acids is 1. The summed E-state index contributed by atoms with van der Waals surface area (Å²) in [6.45, 7) is 3.71. The predicted molar refractivity (Wildman–Crippen MR) is 165 cm³/mol. The number of fused-ring (bicyclic) bond motifs is 5. The van der Waals surface area contributed by atoms with Gasteiger partial charge in [-0.3, -0.25) is 14.4 Å². The maximum absolute atomic E-state index is 15.0. The Morgan fingerprint density at radius 1 is 1.14 bits per heavy atom. The second-order valence-corrected chi connectivity index (χ2v) is 12.7. The summed E-state index contributed by atoms with van der Waals surface area (Å²) < 4.78 is 87.7. The largest absolute Gasteiger partial charge is 0.487 e. The number of nitrogens with two attached hydrogens (primary N) is 1. The summed E-state index contributed by atoms with van der Waals surface area (Å²) in [5, 5.41) is 7.21. The molecule has 7 heterocycles. The van der Waals surface area contributed by atoms with Gasteiger partial charge in [0.25, 0.3) is 5.91 Å². The number of hydrogen-bond acceptors (Lipinski definition) is 10. The number of benzene rings is 1. The van der Waals surface area contributed by atoms with Crippen molar-refractivity contribution in [3.05, 3.63) is 51.7 Å². The number of aryl methyl sites for hydroxylation is 1. The summed E-state index contributed by atoms with van der Waals surface area (Å²) in [7, 11) is 1.38. The Bertz CT molecular complexity index is 1720. The maximum atomic E-state index is 15.0. The first kappa shape index (κ1) is 33.3. The molecule has 8 rings (SSSR count). The molecule has 17 heteroatoms. The van der Waals surface area contributed by atoms with Crippen LogP contribution in [0.15, 0.2) is 12.1 Å². The quantitative estimate of drug-likeness (QED) is 0.307. The first-order valence-corrected chi connectivity index (χ1v) is 16.4. The van der Waals surface area contributed by atoms with Gasteiger partial charge in [-0.25, -0.2) is 8.78 Å². The van der Waals surface area contributed by atoms with E-state index < -0.39 is 41.1 Å². The molecule has 3 aromatic rings. The van der Waals surface area contributed by atoms with Crippen LogP contribution in [0, 0.1) is 5.82 Å². The number of methoxy groups -OCH3 is 1. The number of rotatable bonds is 3. The zero-order chi connectivity index (χ0) is 34.4.